The third kappa shape index (κ3) is 9.26. The van der Waals surface area contributed by atoms with Crippen molar-refractivity contribution in [3.05, 3.63) is 29.8 Å². The van der Waals surface area contributed by atoms with Gasteiger partial charge in [0.1, 0.15) is 35.5 Å². The van der Waals surface area contributed by atoms with Crippen LogP contribution in [0.15, 0.2) is 24.3 Å². The average Bonchev–Trinajstić information content (AvgIpc) is 3.48. The van der Waals surface area contributed by atoms with E-state index < -0.39 is 47.5 Å². The number of Topliss-reactive ketones (excluding diaryl/α,β-unsaturated/α-hetero) is 1. The van der Waals surface area contributed by atoms with Gasteiger partial charge in [0.15, 0.2) is 5.78 Å². The van der Waals surface area contributed by atoms with Crippen molar-refractivity contribution in [2.24, 2.45) is 0 Å². The molecule has 0 aromatic heterocycles. The maximum absolute atomic E-state index is 13.9. The summed E-state index contributed by atoms with van der Waals surface area (Å²) in [6.45, 7) is 7.84. The van der Waals surface area contributed by atoms with Crippen molar-refractivity contribution in [2.45, 2.75) is 122 Å². The van der Waals surface area contributed by atoms with Crippen LogP contribution >= 0.6 is 0 Å². The van der Waals surface area contributed by atoms with E-state index in [2.05, 4.69) is 16.0 Å². The molecule has 0 spiro atoms. The summed E-state index contributed by atoms with van der Waals surface area (Å²) in [6, 6.07) is 4.82. The van der Waals surface area contributed by atoms with Crippen LogP contribution in [0.3, 0.4) is 0 Å². The third-order valence-corrected chi connectivity index (χ3v) is 8.40. The molecule has 3 rings (SSSR count). The topological polar surface area (TPSA) is 154 Å². The Morgan fingerprint density at radius 2 is 1.77 bits per heavy atom. The van der Waals surface area contributed by atoms with Gasteiger partial charge in [-0.1, -0.05) is 38.8 Å². The van der Waals surface area contributed by atoms with Gasteiger partial charge in [0.05, 0.1) is 6.61 Å². The number of nitrogens with one attached hydrogen (secondary N) is 3. The molecule has 11 nitrogen and oxygen atoms in total. The predicted molar refractivity (Wildman–Crippen MR) is 161 cm³/mol. The Bertz CT molecular complexity index is 1140. The predicted octanol–water partition coefficient (Wildman–Crippen LogP) is 2.18. The molecule has 11 heteroatoms. The molecule has 1 aromatic rings. The van der Waals surface area contributed by atoms with Crippen molar-refractivity contribution in [2.75, 3.05) is 13.2 Å². The lowest BCUT2D eigenvalue weighted by Gasteiger charge is -2.36. The second-order valence-corrected chi connectivity index (χ2v) is 11.9. The van der Waals surface area contributed by atoms with E-state index in [0.717, 1.165) is 17.7 Å². The zero-order valence-corrected chi connectivity index (χ0v) is 25.9. The Hall–Kier alpha value is -3.47. The molecule has 5 atom stereocenters. The van der Waals surface area contributed by atoms with Crippen molar-refractivity contribution < 1.29 is 33.8 Å². The largest absolute Gasteiger partial charge is 0.494 e. The van der Waals surface area contributed by atoms with Crippen molar-refractivity contribution in [3.8, 4) is 5.75 Å². The highest BCUT2D eigenvalue weighted by molar-refractivity contribution is 5.99. The minimum atomic E-state index is -1.32. The zero-order valence-electron chi connectivity index (χ0n) is 25.9. The lowest BCUT2D eigenvalue weighted by molar-refractivity contribution is -0.144. The molecule has 0 saturated carbocycles. The van der Waals surface area contributed by atoms with E-state index in [9.17, 15) is 29.1 Å². The number of carbonyl (C=O) groups is 5. The Balaban J connectivity index is 1.81. The van der Waals surface area contributed by atoms with Crippen molar-refractivity contribution >= 4 is 29.4 Å². The molecule has 0 aliphatic carbocycles. The van der Waals surface area contributed by atoms with Crippen molar-refractivity contribution in [1.29, 1.82) is 0 Å². The Morgan fingerprint density at radius 1 is 1.05 bits per heavy atom. The quantitative estimate of drug-likeness (QED) is 0.253. The molecule has 2 saturated heterocycles. The summed E-state index contributed by atoms with van der Waals surface area (Å²) < 4.78 is 5.66. The van der Waals surface area contributed by atoms with Gasteiger partial charge in [0.25, 0.3) is 0 Å². The van der Waals surface area contributed by atoms with Crippen LogP contribution in [0.4, 0.5) is 0 Å². The number of aliphatic hydroxyl groups is 1. The van der Waals surface area contributed by atoms with E-state index in [1.807, 2.05) is 31.2 Å². The molecule has 4 N–H and O–H groups in total. The summed E-state index contributed by atoms with van der Waals surface area (Å²) in [7, 11) is 0. The maximum Gasteiger partial charge on any atom is 0.246 e. The van der Waals surface area contributed by atoms with Crippen molar-refractivity contribution in [1.82, 2.24) is 20.9 Å². The second-order valence-electron chi connectivity index (χ2n) is 11.9. The number of fused-ring (bicyclic) bond motifs is 1. The fourth-order valence-electron chi connectivity index (χ4n) is 5.43. The van der Waals surface area contributed by atoms with Crippen LogP contribution in [0.1, 0.15) is 91.0 Å². The number of unbranched alkanes of at least 4 members (excludes halogenated alkanes) is 2. The number of benzene rings is 1. The number of carbonyl (C=O) groups excluding carboxylic acids is 5. The molecule has 2 aliphatic heterocycles. The van der Waals surface area contributed by atoms with Crippen LogP contribution < -0.4 is 20.7 Å². The van der Waals surface area contributed by atoms with Crippen LogP contribution in [-0.2, 0) is 30.4 Å². The average molecular weight is 601 g/mol. The van der Waals surface area contributed by atoms with Gasteiger partial charge >= 0.3 is 0 Å². The number of ketones is 1. The fraction of sp³-hybridized carbons (Fsp3) is 0.656. The van der Waals surface area contributed by atoms with Crippen LogP contribution in [-0.4, -0.2) is 82.3 Å². The smallest absolute Gasteiger partial charge is 0.246 e. The molecular formula is C32H48N4O7. The Morgan fingerprint density at radius 3 is 2.42 bits per heavy atom. The van der Waals surface area contributed by atoms with E-state index in [1.54, 1.807) is 13.8 Å². The van der Waals surface area contributed by atoms with E-state index in [4.69, 9.17) is 4.74 Å². The molecule has 0 bridgehead atoms. The highest BCUT2D eigenvalue weighted by Crippen LogP contribution is 2.23. The van der Waals surface area contributed by atoms with E-state index >= 15 is 0 Å². The second kappa shape index (κ2) is 15.8. The van der Waals surface area contributed by atoms with Gasteiger partial charge in [-0.25, -0.2) is 0 Å². The summed E-state index contributed by atoms with van der Waals surface area (Å²) in [4.78, 5) is 67.8. The minimum absolute atomic E-state index is 0.220. The molecule has 43 heavy (non-hydrogen) atoms. The fourth-order valence-corrected chi connectivity index (χ4v) is 5.43. The Labute approximate surface area is 254 Å². The van der Waals surface area contributed by atoms with E-state index in [-0.39, 0.29) is 31.0 Å². The highest BCUT2D eigenvalue weighted by Gasteiger charge is 2.43. The standard InChI is InChI=1S/C32H48N4O7/c1-5-19-43-23-16-14-22(15-17-23)20-25-30(41)36-18-10-12-26(36)29(40)33-24(11-8-7-9-13-27(38)21(3)37)28(39)35-32(4,6-2)31(42)34-25/h14-17,21,24-26,37H,5-13,18-20H2,1-4H3,(H,33,40)(H,34,42)(H,35,39)/t21-,24+,25+,26-,32+/m1/s1. The summed E-state index contributed by atoms with van der Waals surface area (Å²) in [5.41, 5.74) is -0.490. The van der Waals surface area contributed by atoms with Gasteiger partial charge in [-0.15, -0.1) is 0 Å². The number of hydrogen-bond acceptors (Lipinski definition) is 7. The summed E-state index contributed by atoms with van der Waals surface area (Å²) in [5, 5.41) is 18.0. The van der Waals surface area contributed by atoms with Crippen LogP contribution in [0.2, 0.25) is 0 Å². The van der Waals surface area contributed by atoms with E-state index in [0.29, 0.717) is 51.7 Å². The molecule has 4 amide bonds. The molecule has 1 aromatic carbocycles. The van der Waals surface area contributed by atoms with Gasteiger partial charge in [-0.3, -0.25) is 24.0 Å². The molecule has 2 fully saturated rings. The third-order valence-electron chi connectivity index (χ3n) is 8.40. The number of aliphatic hydroxyl groups excluding tert-OH is 1. The number of ether oxygens (including phenoxy) is 1. The molecule has 2 aliphatic rings. The first kappa shape index (κ1) is 34.0. The normalized spacial score (nSPS) is 25.5. The van der Waals surface area contributed by atoms with Gasteiger partial charge in [0.2, 0.25) is 23.6 Å². The molecule has 0 unspecified atom stereocenters. The first-order chi connectivity index (χ1) is 20.5. The number of hydrogen-bond donors (Lipinski definition) is 4. The molecule has 238 valence electrons. The van der Waals surface area contributed by atoms with Crippen molar-refractivity contribution in [3.63, 3.8) is 0 Å². The maximum atomic E-state index is 13.9. The van der Waals surface area contributed by atoms with Crippen LogP contribution in [0.5, 0.6) is 5.75 Å². The van der Waals surface area contributed by atoms with Gasteiger partial charge in [0, 0.05) is 19.4 Å². The lowest BCUT2D eigenvalue weighted by atomic mass is 9.94. The Kier molecular flexibility index (Phi) is 12.5. The number of amides is 4. The summed E-state index contributed by atoms with van der Waals surface area (Å²) in [6.07, 6.45) is 3.76. The monoisotopic (exact) mass is 600 g/mol. The summed E-state index contributed by atoms with van der Waals surface area (Å²) >= 11 is 0. The molecular weight excluding hydrogens is 552 g/mol. The summed E-state index contributed by atoms with van der Waals surface area (Å²) in [5.74, 6) is -1.17. The van der Waals surface area contributed by atoms with Gasteiger partial charge in [-0.2, -0.15) is 0 Å². The van der Waals surface area contributed by atoms with Crippen LogP contribution in [0.25, 0.3) is 0 Å². The van der Waals surface area contributed by atoms with Gasteiger partial charge < -0.3 is 30.7 Å². The molecule has 0 radical (unpaired) electrons. The lowest BCUT2D eigenvalue weighted by Crippen LogP contribution is -2.65. The van der Waals surface area contributed by atoms with Gasteiger partial charge in [-0.05, 0) is 70.1 Å². The van der Waals surface area contributed by atoms with Crippen LogP contribution in [0, 0.1) is 0 Å². The number of rotatable bonds is 13. The SMILES string of the molecule is CCCOc1ccc(C[C@@H]2NC(=O)[C@](C)(CC)NC(=O)[C@H](CCCCCC(=O)[C@@H](C)O)NC(=O)[C@H]3CCCN3C2=O)cc1. The van der Waals surface area contributed by atoms with E-state index in [1.165, 1.54) is 11.8 Å². The molecule has 2 heterocycles. The minimum Gasteiger partial charge on any atom is -0.494 e. The number of nitrogens with zero attached hydrogens (tertiary/aromatic N) is 1. The highest BCUT2D eigenvalue weighted by atomic mass is 16.5. The first-order valence-corrected chi connectivity index (χ1v) is 15.7. The zero-order chi connectivity index (χ0) is 31.6. The first-order valence-electron chi connectivity index (χ1n) is 15.7.